The number of anilines is 2. The number of nitrogens with zero attached hydrogens (tertiary/aromatic N) is 5. The minimum atomic E-state index is -2.62. The Morgan fingerprint density at radius 3 is 2.63 bits per heavy atom. The van der Waals surface area contributed by atoms with Gasteiger partial charge in [-0.1, -0.05) is 25.2 Å². The summed E-state index contributed by atoms with van der Waals surface area (Å²) >= 11 is 0. The van der Waals surface area contributed by atoms with Crippen molar-refractivity contribution < 1.29 is 18.3 Å². The Kier molecular flexibility index (Phi) is 8.05. The molecular formula is C29H41F2N5O2. The number of carbonyl (C=O) groups is 1. The second-order valence-corrected chi connectivity index (χ2v) is 11.3. The van der Waals surface area contributed by atoms with Gasteiger partial charge in [-0.15, -0.1) is 0 Å². The Bertz CT molecular complexity index is 1070. The van der Waals surface area contributed by atoms with E-state index in [0.717, 1.165) is 51.1 Å². The van der Waals surface area contributed by atoms with Crippen LogP contribution in [0.1, 0.15) is 63.6 Å². The number of hydrogen-bond donors (Lipinski definition) is 0. The van der Waals surface area contributed by atoms with E-state index in [9.17, 15) is 13.6 Å². The van der Waals surface area contributed by atoms with E-state index in [1.807, 2.05) is 4.90 Å². The van der Waals surface area contributed by atoms with Crippen LogP contribution in [0.15, 0.2) is 30.4 Å². The third-order valence-corrected chi connectivity index (χ3v) is 8.86. The molecule has 0 aliphatic carbocycles. The molecule has 0 N–H and O–H groups in total. The average molecular weight is 530 g/mol. The quantitative estimate of drug-likeness (QED) is 0.427. The van der Waals surface area contributed by atoms with E-state index >= 15 is 0 Å². The summed E-state index contributed by atoms with van der Waals surface area (Å²) in [7, 11) is 0. The minimum absolute atomic E-state index is 0.0100. The van der Waals surface area contributed by atoms with Gasteiger partial charge in [-0.25, -0.2) is 13.8 Å². The van der Waals surface area contributed by atoms with Crippen LogP contribution in [-0.4, -0.2) is 91.3 Å². The van der Waals surface area contributed by atoms with Crippen LogP contribution in [0.25, 0.3) is 0 Å². The number of piperazine rings is 1. The molecule has 0 bridgehead atoms. The highest BCUT2D eigenvalue weighted by atomic mass is 19.3. The molecule has 4 aliphatic rings. The SMILES string of the molecule is C=CC(=O)N1CCN([C@@H]2CN3c4cc(N5CCC/C(C)=C\COC[C@H]5C)nc(C(F)F)c4[C@@H](C)C[C@@H]23)CC1. The lowest BCUT2D eigenvalue weighted by Crippen LogP contribution is -2.70. The fourth-order valence-electron chi connectivity index (χ4n) is 6.66. The molecule has 0 spiro atoms. The molecule has 1 aromatic heterocycles. The standard InChI is InChI=1S/C29H41F2N5O2/c1-5-26(37)34-12-10-33(11-13-34)24-17-36-22(24)15-20(3)27-23(36)16-25(32-28(27)29(30)31)35-9-6-7-19(2)8-14-38-18-21(35)4/h5,8,16,20-22,24,29H,1,6-7,9-15,17-18H2,2-4H3/b19-8-/t20-,21+,22-,24+/m0/s1. The number of pyridine rings is 1. The van der Waals surface area contributed by atoms with Gasteiger partial charge in [-0.05, 0) is 45.1 Å². The molecule has 0 aromatic carbocycles. The van der Waals surface area contributed by atoms with E-state index in [0.29, 0.717) is 43.7 Å². The fourth-order valence-corrected chi connectivity index (χ4v) is 6.66. The molecule has 208 valence electrons. The molecule has 38 heavy (non-hydrogen) atoms. The Labute approximate surface area is 225 Å². The number of amides is 1. The predicted octanol–water partition coefficient (Wildman–Crippen LogP) is 4.37. The predicted molar refractivity (Wildman–Crippen MR) is 146 cm³/mol. The van der Waals surface area contributed by atoms with Crippen LogP contribution in [0.2, 0.25) is 0 Å². The van der Waals surface area contributed by atoms with Crippen LogP contribution in [0.3, 0.4) is 0 Å². The van der Waals surface area contributed by atoms with Gasteiger partial charge in [0.2, 0.25) is 5.91 Å². The van der Waals surface area contributed by atoms with Crippen LogP contribution in [0, 0.1) is 0 Å². The van der Waals surface area contributed by atoms with Crippen molar-refractivity contribution in [2.45, 2.75) is 70.5 Å². The van der Waals surface area contributed by atoms with Crippen molar-refractivity contribution in [1.29, 1.82) is 0 Å². The third-order valence-electron chi connectivity index (χ3n) is 8.86. The highest BCUT2D eigenvalue weighted by Crippen LogP contribution is 2.48. The number of carbonyl (C=O) groups excluding carboxylic acids is 1. The first-order valence-corrected chi connectivity index (χ1v) is 14.0. The van der Waals surface area contributed by atoms with Gasteiger partial charge < -0.3 is 19.4 Å². The van der Waals surface area contributed by atoms with E-state index in [1.54, 1.807) is 0 Å². The maximum Gasteiger partial charge on any atom is 0.280 e. The molecule has 4 aliphatic heterocycles. The second kappa shape index (κ2) is 11.3. The summed E-state index contributed by atoms with van der Waals surface area (Å²) in [6, 6.07) is 2.75. The molecule has 5 rings (SSSR count). The van der Waals surface area contributed by atoms with Crippen molar-refractivity contribution in [2.24, 2.45) is 0 Å². The van der Waals surface area contributed by atoms with Crippen molar-refractivity contribution in [1.82, 2.24) is 14.8 Å². The first-order chi connectivity index (χ1) is 18.3. The zero-order valence-electron chi connectivity index (χ0n) is 22.9. The fraction of sp³-hybridized carbons (Fsp3) is 0.655. The van der Waals surface area contributed by atoms with Gasteiger partial charge in [0.1, 0.15) is 11.5 Å². The van der Waals surface area contributed by atoms with Crippen molar-refractivity contribution in [3.8, 4) is 0 Å². The zero-order chi connectivity index (χ0) is 27.0. The first-order valence-electron chi connectivity index (χ1n) is 14.0. The summed E-state index contributed by atoms with van der Waals surface area (Å²) < 4.78 is 34.8. The molecule has 1 amide bonds. The molecule has 5 heterocycles. The van der Waals surface area contributed by atoms with Crippen LogP contribution in [0.5, 0.6) is 0 Å². The summed E-state index contributed by atoms with van der Waals surface area (Å²) in [6.45, 7) is 15.6. The van der Waals surface area contributed by atoms with Crippen molar-refractivity contribution in [3.05, 3.63) is 41.6 Å². The number of hydrogen-bond acceptors (Lipinski definition) is 6. The lowest BCUT2D eigenvalue weighted by atomic mass is 9.77. The van der Waals surface area contributed by atoms with Gasteiger partial charge in [0.05, 0.1) is 19.3 Å². The van der Waals surface area contributed by atoms with Crippen LogP contribution >= 0.6 is 0 Å². The van der Waals surface area contributed by atoms with Crippen LogP contribution in [0.4, 0.5) is 20.3 Å². The first kappa shape index (κ1) is 27.1. The Morgan fingerprint density at radius 1 is 1.16 bits per heavy atom. The summed E-state index contributed by atoms with van der Waals surface area (Å²) in [5.41, 5.74) is 2.87. The lowest BCUT2D eigenvalue weighted by molar-refractivity contribution is -0.128. The van der Waals surface area contributed by atoms with Crippen molar-refractivity contribution >= 4 is 17.4 Å². The van der Waals surface area contributed by atoms with Gasteiger partial charge in [-0.2, -0.15) is 0 Å². The number of ether oxygens (including phenoxy) is 1. The van der Waals surface area contributed by atoms with Gasteiger partial charge in [-0.3, -0.25) is 9.69 Å². The molecular weight excluding hydrogens is 488 g/mol. The van der Waals surface area contributed by atoms with E-state index in [4.69, 9.17) is 4.74 Å². The lowest BCUT2D eigenvalue weighted by Gasteiger charge is -2.58. The number of alkyl halides is 2. The average Bonchev–Trinajstić information content (AvgIpc) is 2.90. The molecule has 7 nitrogen and oxygen atoms in total. The molecule has 4 atom stereocenters. The van der Waals surface area contributed by atoms with E-state index in [-0.39, 0.29) is 29.6 Å². The Hall–Kier alpha value is -2.52. The summed E-state index contributed by atoms with van der Waals surface area (Å²) in [6.07, 6.45) is 3.63. The minimum Gasteiger partial charge on any atom is -0.375 e. The molecule has 0 radical (unpaired) electrons. The molecule has 2 saturated heterocycles. The highest BCUT2D eigenvalue weighted by molar-refractivity contribution is 5.87. The number of fused-ring (bicyclic) bond motifs is 3. The third kappa shape index (κ3) is 5.19. The highest BCUT2D eigenvalue weighted by Gasteiger charge is 2.48. The Balaban J connectivity index is 1.39. The molecule has 9 heteroatoms. The summed E-state index contributed by atoms with van der Waals surface area (Å²) in [5, 5.41) is 0. The van der Waals surface area contributed by atoms with Crippen LogP contribution in [-0.2, 0) is 9.53 Å². The summed E-state index contributed by atoms with van der Waals surface area (Å²) in [4.78, 5) is 25.4. The normalized spacial score (nSPS) is 30.2. The number of allylic oxidation sites excluding steroid dienone is 1. The van der Waals surface area contributed by atoms with Crippen molar-refractivity contribution in [2.75, 3.05) is 62.3 Å². The van der Waals surface area contributed by atoms with E-state index in [2.05, 4.69) is 59.2 Å². The molecule has 0 saturated carbocycles. The smallest absolute Gasteiger partial charge is 0.280 e. The monoisotopic (exact) mass is 529 g/mol. The van der Waals surface area contributed by atoms with E-state index < -0.39 is 6.43 Å². The number of rotatable bonds is 4. The number of aromatic nitrogens is 1. The van der Waals surface area contributed by atoms with Crippen molar-refractivity contribution in [3.63, 3.8) is 0 Å². The van der Waals surface area contributed by atoms with Gasteiger partial charge in [0.15, 0.2) is 0 Å². The number of halogens is 2. The second-order valence-electron chi connectivity index (χ2n) is 11.3. The molecule has 1 aromatic rings. The Morgan fingerprint density at radius 2 is 1.92 bits per heavy atom. The summed E-state index contributed by atoms with van der Waals surface area (Å²) in [5.74, 6) is 0.627. The van der Waals surface area contributed by atoms with E-state index in [1.165, 1.54) is 11.6 Å². The van der Waals surface area contributed by atoms with Gasteiger partial charge >= 0.3 is 0 Å². The van der Waals surface area contributed by atoms with Gasteiger partial charge in [0.25, 0.3) is 6.43 Å². The maximum absolute atomic E-state index is 14.4. The van der Waals surface area contributed by atoms with Gasteiger partial charge in [0, 0.05) is 68.7 Å². The molecule has 2 fully saturated rings. The maximum atomic E-state index is 14.4. The van der Waals surface area contributed by atoms with Crippen LogP contribution < -0.4 is 9.80 Å². The largest absolute Gasteiger partial charge is 0.375 e. The topological polar surface area (TPSA) is 52.2 Å². The zero-order valence-corrected chi connectivity index (χ0v) is 22.9. The molecule has 0 unspecified atom stereocenters.